The maximum absolute atomic E-state index is 7.50. The van der Waals surface area contributed by atoms with Gasteiger partial charge < -0.3 is 40.2 Å². The molecule has 12 heteroatoms. The molecule has 0 heterocycles. The normalized spacial score (nSPS) is 4.00. The topological polar surface area (TPSA) is 119 Å². The second-order valence-corrected chi connectivity index (χ2v) is 13.4. The average molecular weight is 392 g/mol. The summed E-state index contributed by atoms with van der Waals surface area (Å²) >= 11 is 0. The second-order valence-electron chi connectivity index (χ2n) is 0.495. The summed E-state index contributed by atoms with van der Waals surface area (Å²) in [7, 11) is 17.0. The Balaban J connectivity index is -0.0000000114. The quantitative estimate of drug-likeness (QED) is 0.341. The van der Waals surface area contributed by atoms with E-state index in [2.05, 4.69) is 39.9 Å². The number of hydrogen-bond acceptors (Lipinski definition) is 0. The van der Waals surface area contributed by atoms with Gasteiger partial charge in [0.2, 0.25) is 0 Å². The van der Waals surface area contributed by atoms with Crippen molar-refractivity contribution < 1.29 is 45.0 Å². The Morgan fingerprint density at radius 3 is 0.444 bits per heavy atom. The van der Waals surface area contributed by atoms with Gasteiger partial charge in [-0.15, -0.1) is 0 Å². The molecule has 0 aromatic rings. The molecule has 18 heavy (non-hydrogen) atoms. The smallest absolute Gasteiger partial charge is 0.391 e. The molecule has 0 aliphatic rings. The van der Waals surface area contributed by atoms with Gasteiger partial charge in [0, 0.05) is 17.1 Å². The molecule has 0 aromatic carbocycles. The van der Waals surface area contributed by atoms with E-state index in [9.17, 15) is 0 Å². The van der Waals surface area contributed by atoms with Gasteiger partial charge in [0.05, 0.1) is 0 Å². The molecular weight excluding hydrogens is 392 g/mol. The molecule has 0 atom stereocenters. The Morgan fingerprint density at radius 2 is 0.444 bits per heavy atom. The molecule has 0 fully saturated rings. The van der Waals surface area contributed by atoms with Crippen LogP contribution in [0.3, 0.4) is 0 Å². The minimum absolute atomic E-state index is 0. The van der Waals surface area contributed by atoms with Crippen molar-refractivity contribution in [3.05, 3.63) is 39.9 Å². The van der Waals surface area contributed by atoms with E-state index in [1.807, 2.05) is 0 Å². The predicted molar refractivity (Wildman–Crippen MR) is 52.7 cm³/mol. The van der Waals surface area contributed by atoms with E-state index >= 15 is 0 Å². The summed E-state index contributed by atoms with van der Waals surface area (Å²) in [6.45, 7) is 27.0. The van der Waals surface area contributed by atoms with Crippen molar-refractivity contribution in [1.82, 2.24) is 0 Å². The first-order valence-corrected chi connectivity index (χ1v) is 9.08. The van der Waals surface area contributed by atoms with E-state index < -0.39 is 9.39 Å². The monoisotopic (exact) mass is 390 g/mol. The second kappa shape index (κ2) is 111. The maximum atomic E-state index is 7.50. The van der Waals surface area contributed by atoms with Crippen LogP contribution in [-0.4, -0.2) is 9.39 Å². The van der Waals surface area contributed by atoms with Crippen LogP contribution in [0.5, 0.6) is 0 Å². The Labute approximate surface area is 134 Å². The van der Waals surface area contributed by atoms with Crippen molar-refractivity contribution in [3.8, 4) is 0 Å². The zero-order chi connectivity index (χ0) is 16.5. The van der Waals surface area contributed by atoms with Crippen LogP contribution in [-0.2, 0) is 45.0 Å². The fourth-order valence-corrected chi connectivity index (χ4v) is 0. The van der Waals surface area contributed by atoms with Crippen molar-refractivity contribution in [1.29, 1.82) is 0 Å². The Kier molecular flexibility index (Phi) is 315. The first-order chi connectivity index (χ1) is 8.00. The standard InChI is InChI=1S/6CO.Al.4ClH.Mn/c6*1-2;;;;;;/h;;;;;;;4*1H;/q;;;;;;+3;;;;;/p-4. The van der Waals surface area contributed by atoms with Crippen LogP contribution in [0.1, 0.15) is 0 Å². The van der Waals surface area contributed by atoms with Crippen molar-refractivity contribution in [2.45, 2.75) is 0 Å². The minimum Gasteiger partial charge on any atom is -0.391 e. The summed E-state index contributed by atoms with van der Waals surface area (Å²) in [6.07, 6.45) is 0. The minimum atomic E-state index is -2.94. The van der Waals surface area contributed by atoms with E-state index in [1.165, 1.54) is 0 Å². The zero-order valence-electron chi connectivity index (χ0n) is 7.92. The third-order valence-electron chi connectivity index (χ3n) is 0. The summed E-state index contributed by atoms with van der Waals surface area (Å²) in [6, 6.07) is 0. The molecule has 0 N–H and O–H groups in total. The molecule has 0 amide bonds. The van der Waals surface area contributed by atoms with E-state index in [4.69, 9.17) is 68.1 Å². The first kappa shape index (κ1) is 51.2. The van der Waals surface area contributed by atoms with Gasteiger partial charge in [-0.3, -0.25) is 0 Å². The molecule has 0 aromatic heterocycles. The molecule has 0 rings (SSSR count). The summed E-state index contributed by atoms with van der Waals surface area (Å²) in [5, 5.41) is 0. The molecule has 0 unspecified atom stereocenters. The summed E-state index contributed by atoms with van der Waals surface area (Å²) in [5.74, 6) is 0. The van der Waals surface area contributed by atoms with Crippen LogP contribution in [0.15, 0.2) is 0 Å². The fourth-order valence-electron chi connectivity index (χ4n) is 0. The van der Waals surface area contributed by atoms with Crippen molar-refractivity contribution in [2.24, 2.45) is 0 Å². The number of hydrogen-bond donors (Lipinski definition) is 0. The van der Waals surface area contributed by atoms with Crippen molar-refractivity contribution in [3.63, 3.8) is 0 Å². The Hall–Kier alpha value is 0.652. The Morgan fingerprint density at radius 1 is 0.444 bits per heavy atom. The molecule has 1 radical (unpaired) electrons. The fraction of sp³-hybridized carbons (Fsp3) is 0. The first-order valence-electron chi connectivity index (χ1n) is 2.10. The van der Waals surface area contributed by atoms with Gasteiger partial charge in [0.1, 0.15) is 0 Å². The molecule has 0 spiro atoms. The molecule has 0 saturated heterocycles. The van der Waals surface area contributed by atoms with Crippen LogP contribution in [0.2, 0.25) is 0 Å². The van der Waals surface area contributed by atoms with Gasteiger partial charge in [-0.25, -0.2) is 0 Å². The SMILES string of the molecule is [C-]#[O+].[C-]#[O+].[C-]#[O+].[C-]#[O+].[C-]#[O+].[C-]#[O+].[Cl][Al-]([Cl])([Cl])[Cl].[Mn]. The average Bonchev–Trinajstić information content (AvgIpc) is 2.41. The molecule has 0 aliphatic carbocycles. The van der Waals surface area contributed by atoms with Crippen LogP contribution in [0.25, 0.3) is 0 Å². The van der Waals surface area contributed by atoms with Crippen LogP contribution in [0, 0.1) is 39.9 Å². The zero-order valence-corrected chi connectivity index (χ0v) is 13.3. The molecule has 99 valence electrons. The van der Waals surface area contributed by atoms with Crippen LogP contribution < -0.4 is 0 Å². The van der Waals surface area contributed by atoms with Gasteiger partial charge in [0.15, 0.2) is 0 Å². The summed E-state index contributed by atoms with van der Waals surface area (Å²) < 4.78 is 45.0. The van der Waals surface area contributed by atoms with Gasteiger partial charge in [-0.05, 0) is 0 Å². The Bertz CT molecular complexity index is 166. The van der Waals surface area contributed by atoms with Crippen LogP contribution in [0.4, 0.5) is 0 Å². The third-order valence-corrected chi connectivity index (χ3v) is 0. The summed E-state index contributed by atoms with van der Waals surface area (Å²) in [5.41, 5.74) is 0. The van der Waals surface area contributed by atoms with Gasteiger partial charge in [-0.2, -0.15) is 0 Å². The molecule has 6 nitrogen and oxygen atoms in total. The van der Waals surface area contributed by atoms with Gasteiger partial charge in [0.25, 0.3) is 0 Å². The largest absolute Gasteiger partial charge is 0.564 e. The van der Waals surface area contributed by atoms with E-state index in [-0.39, 0.29) is 17.1 Å². The van der Waals surface area contributed by atoms with Crippen LogP contribution >= 0.6 is 40.2 Å². The van der Waals surface area contributed by atoms with Crippen molar-refractivity contribution >= 4 is 49.6 Å². The van der Waals surface area contributed by atoms with E-state index in [0.29, 0.717) is 0 Å². The number of rotatable bonds is 0. The molecular formula is C6AlCl4MnO6-. The molecule has 0 saturated carbocycles. The van der Waals surface area contributed by atoms with Gasteiger partial charge in [-0.1, -0.05) is 0 Å². The number of halogens is 4. The van der Waals surface area contributed by atoms with Crippen molar-refractivity contribution in [2.75, 3.05) is 0 Å². The molecule has 0 bridgehead atoms. The van der Waals surface area contributed by atoms with E-state index in [0.717, 1.165) is 0 Å². The van der Waals surface area contributed by atoms with Gasteiger partial charge >= 0.3 is 77.2 Å². The summed E-state index contributed by atoms with van der Waals surface area (Å²) in [4.78, 5) is 0. The molecule has 0 aliphatic heterocycles. The van der Waals surface area contributed by atoms with E-state index in [1.54, 1.807) is 0 Å². The third kappa shape index (κ3) is 9600. The predicted octanol–water partition coefficient (Wildman–Crippen LogP) is 2.15. The maximum Gasteiger partial charge on any atom is 0.564 e.